The Hall–Kier alpha value is -2.69. The average Bonchev–Trinajstić information content (AvgIpc) is 2.83. The number of rotatable bonds is 7. The molecule has 2 N–H and O–H groups in total. The summed E-state index contributed by atoms with van der Waals surface area (Å²) in [5.74, 6) is -1.52. The molecule has 1 aliphatic rings. The van der Waals surface area contributed by atoms with Crippen molar-refractivity contribution in [3.8, 4) is 5.75 Å². The van der Waals surface area contributed by atoms with Gasteiger partial charge in [-0.3, -0.25) is 14.5 Å². The number of carbonyl (C=O) groups excluding carboxylic acids is 1. The zero-order valence-electron chi connectivity index (χ0n) is 20.7. The Morgan fingerprint density at radius 2 is 1.92 bits per heavy atom. The van der Waals surface area contributed by atoms with Crippen molar-refractivity contribution in [3.63, 3.8) is 0 Å². The lowest BCUT2D eigenvalue weighted by atomic mass is 10.0. The molecule has 0 radical (unpaired) electrons. The SMILES string of the molecule is COc1c(N2CC(C)N(Cc3ccc(Br)cc3Cl)C(C)C2)c(F)cc2c(=O)c(C(N)=O)cn(CCF)c12. The van der Waals surface area contributed by atoms with E-state index in [-0.39, 0.29) is 46.5 Å². The lowest BCUT2D eigenvalue weighted by Gasteiger charge is -2.46. The Balaban J connectivity index is 1.76. The van der Waals surface area contributed by atoms with Crippen LogP contribution in [0.3, 0.4) is 0 Å². The van der Waals surface area contributed by atoms with E-state index in [1.54, 1.807) is 0 Å². The fourth-order valence-electron chi connectivity index (χ4n) is 5.12. The number of anilines is 1. The summed E-state index contributed by atoms with van der Waals surface area (Å²) >= 11 is 9.88. The fraction of sp³-hybridized carbons (Fsp3) is 0.385. The normalized spacial score (nSPS) is 18.4. The molecule has 2 unspecified atom stereocenters. The van der Waals surface area contributed by atoms with Gasteiger partial charge >= 0.3 is 0 Å². The third-order valence-corrected chi connectivity index (χ3v) is 7.67. The standard InChI is InChI=1S/C26H28BrClF2N4O3/c1-14-10-33(11-15(2)34(14)12-16-4-5-17(27)8-20(16)28)23-21(30)9-18-22(25(23)37-3)32(7-6-29)13-19(24(18)35)26(31)36/h4-5,8-9,13-15H,6-7,10-12H2,1-3H3,(H2,31,36). The monoisotopic (exact) mass is 596 g/mol. The molecule has 2 heterocycles. The van der Waals surface area contributed by atoms with Crippen LogP contribution in [0.4, 0.5) is 14.5 Å². The van der Waals surface area contributed by atoms with E-state index in [0.29, 0.717) is 24.7 Å². The summed E-state index contributed by atoms with van der Waals surface area (Å²) < 4.78 is 37.0. The quantitative estimate of drug-likeness (QED) is 0.426. The first-order valence-electron chi connectivity index (χ1n) is 11.8. The van der Waals surface area contributed by atoms with Gasteiger partial charge in [0, 0.05) is 47.4 Å². The number of primary amides is 1. The third kappa shape index (κ3) is 5.19. The van der Waals surface area contributed by atoms with Gasteiger partial charge in [-0.25, -0.2) is 8.78 Å². The summed E-state index contributed by atoms with van der Waals surface area (Å²) in [5, 5.41) is 0.576. The molecule has 1 aromatic heterocycles. The van der Waals surface area contributed by atoms with Gasteiger partial charge in [0.05, 0.1) is 24.6 Å². The molecule has 4 rings (SSSR count). The number of nitrogens with two attached hydrogens (primary N) is 1. The minimum atomic E-state index is -0.965. The topological polar surface area (TPSA) is 80.8 Å². The van der Waals surface area contributed by atoms with Crippen LogP contribution in [0.5, 0.6) is 5.75 Å². The molecule has 1 aliphatic heterocycles. The number of nitrogens with zero attached hydrogens (tertiary/aromatic N) is 3. The molecule has 3 aromatic rings. The maximum Gasteiger partial charge on any atom is 0.254 e. The Morgan fingerprint density at radius 1 is 1.24 bits per heavy atom. The molecule has 0 bridgehead atoms. The van der Waals surface area contributed by atoms with E-state index >= 15 is 4.39 Å². The van der Waals surface area contributed by atoms with Gasteiger partial charge in [-0.2, -0.15) is 0 Å². The van der Waals surface area contributed by atoms with Crippen LogP contribution in [0.2, 0.25) is 5.02 Å². The van der Waals surface area contributed by atoms with Gasteiger partial charge in [0.15, 0.2) is 11.6 Å². The Kier molecular flexibility index (Phi) is 8.11. The highest BCUT2D eigenvalue weighted by Gasteiger charge is 2.34. The second kappa shape index (κ2) is 11.0. The molecule has 11 heteroatoms. The number of ether oxygens (including phenoxy) is 1. The average molecular weight is 598 g/mol. The number of fused-ring (bicyclic) bond motifs is 1. The molecule has 0 spiro atoms. The molecule has 37 heavy (non-hydrogen) atoms. The Bertz CT molecular complexity index is 1410. The maximum atomic E-state index is 15.7. The first-order chi connectivity index (χ1) is 17.6. The van der Waals surface area contributed by atoms with Crippen LogP contribution in [-0.4, -0.2) is 54.3 Å². The second-order valence-electron chi connectivity index (χ2n) is 9.27. The summed E-state index contributed by atoms with van der Waals surface area (Å²) in [6, 6.07) is 6.91. The van der Waals surface area contributed by atoms with Gasteiger partial charge in [-0.15, -0.1) is 0 Å². The summed E-state index contributed by atoms with van der Waals surface area (Å²) in [4.78, 5) is 28.9. The van der Waals surface area contributed by atoms with Crippen LogP contribution in [-0.2, 0) is 13.1 Å². The molecule has 2 aromatic carbocycles. The van der Waals surface area contributed by atoms with Crippen molar-refractivity contribution in [1.29, 1.82) is 0 Å². The van der Waals surface area contributed by atoms with Gasteiger partial charge in [-0.1, -0.05) is 33.6 Å². The summed E-state index contributed by atoms with van der Waals surface area (Å²) in [6.45, 7) is 4.77. The highest BCUT2D eigenvalue weighted by molar-refractivity contribution is 9.10. The van der Waals surface area contributed by atoms with Gasteiger partial charge in [-0.05, 0) is 37.6 Å². The predicted octanol–water partition coefficient (Wildman–Crippen LogP) is 4.73. The minimum absolute atomic E-state index is 0.0218. The summed E-state index contributed by atoms with van der Waals surface area (Å²) in [7, 11) is 1.38. The van der Waals surface area contributed by atoms with Crippen LogP contribution in [0, 0.1) is 5.82 Å². The minimum Gasteiger partial charge on any atom is -0.492 e. The number of pyridine rings is 1. The van der Waals surface area contributed by atoms with Crippen molar-refractivity contribution < 1.29 is 18.3 Å². The lowest BCUT2D eigenvalue weighted by Crippen LogP contribution is -2.56. The molecular formula is C26H28BrClF2N4O3. The van der Waals surface area contributed by atoms with Gasteiger partial charge in [0.2, 0.25) is 5.43 Å². The number of amides is 1. The number of hydrogen-bond donors (Lipinski definition) is 1. The molecule has 0 aliphatic carbocycles. The van der Waals surface area contributed by atoms with Crippen molar-refractivity contribution in [1.82, 2.24) is 9.47 Å². The number of aryl methyl sites for hydroxylation is 1. The Morgan fingerprint density at radius 3 is 2.49 bits per heavy atom. The molecule has 1 saturated heterocycles. The highest BCUT2D eigenvalue weighted by atomic mass is 79.9. The number of hydrogen-bond acceptors (Lipinski definition) is 5. The zero-order chi connectivity index (χ0) is 27.0. The number of methoxy groups -OCH3 is 1. The smallest absolute Gasteiger partial charge is 0.254 e. The summed E-state index contributed by atoms with van der Waals surface area (Å²) in [5.41, 5.74) is 5.69. The van der Waals surface area contributed by atoms with Crippen LogP contribution in [0.15, 0.2) is 39.7 Å². The number of carbonyl (C=O) groups is 1. The van der Waals surface area contributed by atoms with E-state index in [2.05, 4.69) is 34.7 Å². The molecule has 2 atom stereocenters. The molecule has 198 valence electrons. The van der Waals surface area contributed by atoms with Crippen molar-refractivity contribution in [2.75, 3.05) is 31.8 Å². The fourth-order valence-corrected chi connectivity index (χ4v) is 5.85. The highest BCUT2D eigenvalue weighted by Crippen LogP contribution is 2.40. The van der Waals surface area contributed by atoms with E-state index in [1.807, 2.05) is 23.1 Å². The molecule has 7 nitrogen and oxygen atoms in total. The van der Waals surface area contributed by atoms with Gasteiger partial charge in [0.1, 0.15) is 17.9 Å². The van der Waals surface area contributed by atoms with E-state index in [4.69, 9.17) is 22.1 Å². The van der Waals surface area contributed by atoms with Crippen LogP contribution in [0.25, 0.3) is 10.9 Å². The van der Waals surface area contributed by atoms with E-state index < -0.39 is 23.8 Å². The largest absolute Gasteiger partial charge is 0.492 e. The predicted molar refractivity (Wildman–Crippen MR) is 145 cm³/mol. The number of piperazine rings is 1. The molecule has 1 fully saturated rings. The van der Waals surface area contributed by atoms with Gasteiger partial charge in [0.25, 0.3) is 5.91 Å². The second-order valence-corrected chi connectivity index (χ2v) is 10.6. The van der Waals surface area contributed by atoms with E-state index in [0.717, 1.165) is 16.1 Å². The molecule has 1 amide bonds. The van der Waals surface area contributed by atoms with E-state index in [9.17, 15) is 14.0 Å². The lowest BCUT2D eigenvalue weighted by molar-refractivity contribution is 0.0998. The van der Waals surface area contributed by atoms with E-state index in [1.165, 1.54) is 17.9 Å². The third-order valence-electron chi connectivity index (χ3n) is 6.82. The van der Waals surface area contributed by atoms with Crippen molar-refractivity contribution in [2.24, 2.45) is 5.73 Å². The first kappa shape index (κ1) is 27.3. The van der Waals surface area contributed by atoms with Crippen LogP contribution >= 0.6 is 27.5 Å². The van der Waals surface area contributed by atoms with Crippen LogP contribution < -0.4 is 20.8 Å². The summed E-state index contributed by atoms with van der Waals surface area (Å²) in [6.07, 6.45) is 1.21. The first-order valence-corrected chi connectivity index (χ1v) is 13.0. The molecule has 0 saturated carbocycles. The zero-order valence-corrected chi connectivity index (χ0v) is 23.1. The van der Waals surface area contributed by atoms with Gasteiger partial charge < -0.3 is 19.9 Å². The number of alkyl halides is 1. The number of aromatic nitrogens is 1. The number of benzene rings is 2. The van der Waals surface area contributed by atoms with Crippen molar-refractivity contribution in [3.05, 3.63) is 67.1 Å². The number of halogens is 4. The molecular weight excluding hydrogens is 570 g/mol. The Labute approximate surface area is 226 Å². The van der Waals surface area contributed by atoms with Crippen molar-refractivity contribution >= 4 is 50.0 Å². The maximum absolute atomic E-state index is 15.7. The van der Waals surface area contributed by atoms with Crippen LogP contribution in [0.1, 0.15) is 29.8 Å². The van der Waals surface area contributed by atoms with Crippen molar-refractivity contribution in [2.45, 2.75) is 39.0 Å².